The molecule has 2 aromatic heterocycles. The third-order valence-corrected chi connectivity index (χ3v) is 4.24. The van der Waals surface area contributed by atoms with Crippen molar-refractivity contribution in [3.05, 3.63) is 22.5 Å². The van der Waals surface area contributed by atoms with Gasteiger partial charge >= 0.3 is 0 Å². The van der Waals surface area contributed by atoms with Crippen LogP contribution in [0.5, 0.6) is 0 Å². The molecule has 100 valence electrons. The van der Waals surface area contributed by atoms with Gasteiger partial charge in [0, 0.05) is 29.8 Å². The van der Waals surface area contributed by atoms with Crippen molar-refractivity contribution in [2.75, 3.05) is 6.61 Å². The molecular weight excluding hydrogens is 246 g/mol. The summed E-state index contributed by atoms with van der Waals surface area (Å²) in [5.74, 6) is 0. The molecule has 18 heavy (non-hydrogen) atoms. The van der Waals surface area contributed by atoms with Crippen molar-refractivity contribution in [3.63, 3.8) is 0 Å². The molecule has 0 radical (unpaired) electrons. The fourth-order valence-corrected chi connectivity index (χ4v) is 3.00. The standard InChI is InChI=1S/C13H21N3OS/c1-9-8-18-12-15-10(2)11(16(9)12)7-14-13(3,4)5-6-17/h8,14,17H,5-7H2,1-4H3. The van der Waals surface area contributed by atoms with Gasteiger partial charge in [-0.05, 0) is 34.1 Å². The maximum Gasteiger partial charge on any atom is 0.194 e. The van der Waals surface area contributed by atoms with E-state index >= 15 is 0 Å². The van der Waals surface area contributed by atoms with Crippen LogP contribution >= 0.6 is 11.3 Å². The molecule has 0 atom stereocenters. The van der Waals surface area contributed by atoms with Gasteiger partial charge < -0.3 is 10.4 Å². The molecule has 2 heterocycles. The van der Waals surface area contributed by atoms with Gasteiger partial charge in [0.2, 0.25) is 0 Å². The van der Waals surface area contributed by atoms with E-state index in [0.29, 0.717) is 0 Å². The number of thiazole rings is 1. The number of aliphatic hydroxyl groups is 1. The first-order valence-electron chi connectivity index (χ1n) is 6.22. The van der Waals surface area contributed by atoms with E-state index in [4.69, 9.17) is 5.11 Å². The van der Waals surface area contributed by atoms with Crippen molar-refractivity contribution in [2.24, 2.45) is 0 Å². The lowest BCUT2D eigenvalue weighted by atomic mass is 10.0. The van der Waals surface area contributed by atoms with Gasteiger partial charge in [0.25, 0.3) is 0 Å². The van der Waals surface area contributed by atoms with Crippen LogP contribution in [0, 0.1) is 13.8 Å². The van der Waals surface area contributed by atoms with Gasteiger partial charge in [0.15, 0.2) is 4.96 Å². The van der Waals surface area contributed by atoms with Crippen molar-refractivity contribution in [1.82, 2.24) is 14.7 Å². The summed E-state index contributed by atoms with van der Waals surface area (Å²) in [4.78, 5) is 5.63. The number of aliphatic hydroxyl groups excluding tert-OH is 1. The van der Waals surface area contributed by atoms with E-state index in [1.165, 1.54) is 11.4 Å². The second-order valence-electron chi connectivity index (χ2n) is 5.35. The zero-order valence-corrected chi connectivity index (χ0v) is 12.3. The summed E-state index contributed by atoms with van der Waals surface area (Å²) in [6.45, 7) is 9.35. The SMILES string of the molecule is Cc1nc2scc(C)n2c1CNC(C)(C)CCO. The predicted molar refractivity (Wildman–Crippen MR) is 75.2 cm³/mol. The van der Waals surface area contributed by atoms with Gasteiger partial charge in [-0.25, -0.2) is 4.98 Å². The smallest absolute Gasteiger partial charge is 0.194 e. The maximum absolute atomic E-state index is 9.04. The van der Waals surface area contributed by atoms with Crippen LogP contribution in [0.2, 0.25) is 0 Å². The summed E-state index contributed by atoms with van der Waals surface area (Å²) in [7, 11) is 0. The average molecular weight is 267 g/mol. The minimum Gasteiger partial charge on any atom is -0.396 e. The summed E-state index contributed by atoms with van der Waals surface area (Å²) < 4.78 is 2.21. The molecule has 0 unspecified atom stereocenters. The van der Waals surface area contributed by atoms with Gasteiger partial charge in [-0.2, -0.15) is 0 Å². The Morgan fingerprint density at radius 2 is 2.17 bits per heavy atom. The first-order chi connectivity index (χ1) is 8.44. The fraction of sp³-hybridized carbons (Fsp3) is 0.615. The molecule has 0 amide bonds. The lowest BCUT2D eigenvalue weighted by molar-refractivity contribution is 0.229. The van der Waals surface area contributed by atoms with Crippen LogP contribution in [0.25, 0.3) is 4.96 Å². The van der Waals surface area contributed by atoms with Gasteiger partial charge in [-0.15, -0.1) is 11.3 Å². The highest BCUT2D eigenvalue weighted by Gasteiger charge is 2.18. The Balaban J connectivity index is 2.21. The van der Waals surface area contributed by atoms with E-state index in [2.05, 4.69) is 47.8 Å². The van der Waals surface area contributed by atoms with Crippen molar-refractivity contribution < 1.29 is 5.11 Å². The van der Waals surface area contributed by atoms with Crippen LogP contribution in [0.1, 0.15) is 37.4 Å². The molecule has 2 aromatic rings. The largest absolute Gasteiger partial charge is 0.396 e. The molecule has 0 aliphatic carbocycles. The Kier molecular flexibility index (Phi) is 3.75. The van der Waals surface area contributed by atoms with Crippen molar-refractivity contribution in [1.29, 1.82) is 0 Å². The molecule has 0 aliphatic rings. The van der Waals surface area contributed by atoms with Crippen LogP contribution < -0.4 is 5.32 Å². The van der Waals surface area contributed by atoms with E-state index in [1.807, 2.05) is 0 Å². The molecule has 0 saturated heterocycles. The number of fused-ring (bicyclic) bond motifs is 1. The Hall–Kier alpha value is -0.910. The van der Waals surface area contributed by atoms with Crippen LogP contribution in [0.4, 0.5) is 0 Å². The van der Waals surface area contributed by atoms with Crippen LogP contribution in [-0.4, -0.2) is 26.6 Å². The number of hydrogen-bond acceptors (Lipinski definition) is 4. The quantitative estimate of drug-likeness (QED) is 0.873. The molecule has 0 saturated carbocycles. The number of imidazole rings is 1. The van der Waals surface area contributed by atoms with E-state index < -0.39 is 0 Å². The average Bonchev–Trinajstić information content (AvgIpc) is 2.76. The Morgan fingerprint density at radius 1 is 1.44 bits per heavy atom. The maximum atomic E-state index is 9.04. The number of rotatable bonds is 5. The van der Waals surface area contributed by atoms with Gasteiger partial charge in [-0.3, -0.25) is 4.40 Å². The second kappa shape index (κ2) is 4.99. The summed E-state index contributed by atoms with van der Waals surface area (Å²) in [5, 5.41) is 14.7. The summed E-state index contributed by atoms with van der Waals surface area (Å²) >= 11 is 1.68. The van der Waals surface area contributed by atoms with E-state index in [-0.39, 0.29) is 12.1 Å². The molecule has 2 N–H and O–H groups in total. The molecule has 0 aromatic carbocycles. The summed E-state index contributed by atoms with van der Waals surface area (Å²) in [6.07, 6.45) is 0.747. The topological polar surface area (TPSA) is 49.6 Å². The van der Waals surface area contributed by atoms with Gasteiger partial charge in [0.1, 0.15) is 0 Å². The van der Waals surface area contributed by atoms with E-state index in [9.17, 15) is 0 Å². The van der Waals surface area contributed by atoms with E-state index in [1.54, 1.807) is 11.3 Å². The van der Waals surface area contributed by atoms with Crippen molar-refractivity contribution >= 4 is 16.3 Å². The number of nitrogens with one attached hydrogen (secondary N) is 1. The first kappa shape index (κ1) is 13.5. The van der Waals surface area contributed by atoms with Gasteiger partial charge in [-0.1, -0.05) is 0 Å². The molecular formula is C13H21N3OS. The van der Waals surface area contributed by atoms with E-state index in [0.717, 1.165) is 23.6 Å². The number of nitrogens with zero attached hydrogens (tertiary/aromatic N) is 2. The van der Waals surface area contributed by atoms with Crippen molar-refractivity contribution in [2.45, 2.75) is 46.2 Å². The second-order valence-corrected chi connectivity index (χ2v) is 6.19. The Bertz CT molecular complexity index is 542. The highest BCUT2D eigenvalue weighted by Crippen LogP contribution is 2.21. The lowest BCUT2D eigenvalue weighted by Gasteiger charge is -2.25. The lowest BCUT2D eigenvalue weighted by Crippen LogP contribution is -2.39. The first-order valence-corrected chi connectivity index (χ1v) is 7.10. The molecule has 4 nitrogen and oxygen atoms in total. The van der Waals surface area contributed by atoms with Crippen LogP contribution in [0.15, 0.2) is 5.38 Å². The monoisotopic (exact) mass is 267 g/mol. The number of aromatic nitrogens is 2. The molecule has 2 rings (SSSR count). The third-order valence-electron chi connectivity index (χ3n) is 3.30. The number of aryl methyl sites for hydroxylation is 2. The third kappa shape index (κ3) is 2.58. The molecule has 0 spiro atoms. The van der Waals surface area contributed by atoms with Crippen LogP contribution in [0.3, 0.4) is 0 Å². The predicted octanol–water partition coefficient (Wildman–Crippen LogP) is 2.26. The van der Waals surface area contributed by atoms with Crippen LogP contribution in [-0.2, 0) is 6.54 Å². The summed E-state index contributed by atoms with van der Waals surface area (Å²) in [5.41, 5.74) is 3.47. The Labute approximate surface area is 112 Å². The molecule has 0 aliphatic heterocycles. The molecule has 0 fully saturated rings. The summed E-state index contributed by atoms with van der Waals surface area (Å²) in [6, 6.07) is 0. The Morgan fingerprint density at radius 3 is 2.83 bits per heavy atom. The highest BCUT2D eigenvalue weighted by molar-refractivity contribution is 7.15. The number of hydrogen-bond donors (Lipinski definition) is 2. The minimum absolute atomic E-state index is 0.0602. The zero-order valence-electron chi connectivity index (χ0n) is 11.4. The molecule has 0 bridgehead atoms. The molecule has 5 heteroatoms. The van der Waals surface area contributed by atoms with Crippen molar-refractivity contribution in [3.8, 4) is 0 Å². The normalized spacial score (nSPS) is 12.5. The zero-order chi connectivity index (χ0) is 13.3. The highest BCUT2D eigenvalue weighted by atomic mass is 32.1. The minimum atomic E-state index is -0.0602. The fourth-order valence-electron chi connectivity index (χ4n) is 2.07. The van der Waals surface area contributed by atoms with Gasteiger partial charge in [0.05, 0.1) is 11.4 Å².